The fourth-order valence-corrected chi connectivity index (χ4v) is 4.28. The van der Waals surface area contributed by atoms with E-state index in [0.717, 1.165) is 18.5 Å². The number of nitriles is 1. The van der Waals surface area contributed by atoms with E-state index in [-0.39, 0.29) is 23.9 Å². The topological polar surface area (TPSA) is 101 Å². The van der Waals surface area contributed by atoms with Crippen LogP contribution in [0.1, 0.15) is 31.4 Å². The lowest BCUT2D eigenvalue weighted by Crippen LogP contribution is -2.23. The van der Waals surface area contributed by atoms with Crippen molar-refractivity contribution in [2.24, 2.45) is 5.92 Å². The number of rotatable bonds is 7. The van der Waals surface area contributed by atoms with Crippen LogP contribution in [0.3, 0.4) is 0 Å². The first-order valence-electron chi connectivity index (χ1n) is 11.0. The largest absolute Gasteiger partial charge is 0.490 e. The van der Waals surface area contributed by atoms with Gasteiger partial charge in [-0.3, -0.25) is 9.69 Å². The molecule has 0 amide bonds. The Balaban J connectivity index is 1.49. The molecule has 34 heavy (non-hydrogen) atoms. The number of halogens is 1. The Bertz CT molecular complexity index is 1230. The van der Waals surface area contributed by atoms with E-state index in [1.807, 2.05) is 32.0 Å². The van der Waals surface area contributed by atoms with E-state index in [2.05, 4.69) is 21.1 Å². The van der Waals surface area contributed by atoms with Gasteiger partial charge in [-0.1, -0.05) is 22.8 Å². The molecule has 1 atom stereocenters. The fraction of sp³-hybridized carbons (Fsp3) is 0.360. The second-order valence-electron chi connectivity index (χ2n) is 8.47. The van der Waals surface area contributed by atoms with E-state index in [4.69, 9.17) is 25.6 Å². The van der Waals surface area contributed by atoms with E-state index in [9.17, 15) is 10.1 Å². The van der Waals surface area contributed by atoms with Gasteiger partial charge in [-0.2, -0.15) is 10.2 Å². The molecule has 0 saturated carbocycles. The maximum atomic E-state index is 11.8. The molecule has 0 bridgehead atoms. The van der Waals surface area contributed by atoms with E-state index in [1.54, 1.807) is 18.2 Å². The molecule has 2 aromatic carbocycles. The smallest absolute Gasteiger partial charge is 0.310 e. The summed E-state index contributed by atoms with van der Waals surface area (Å²) in [5, 5.41) is 14.0. The molecule has 176 valence electrons. The normalized spacial score (nSPS) is 15.9. The molecule has 1 aliphatic rings. The molecule has 1 fully saturated rings. The van der Waals surface area contributed by atoms with Gasteiger partial charge in [-0.05, 0) is 62.7 Å². The summed E-state index contributed by atoms with van der Waals surface area (Å²) in [4.78, 5) is 18.4. The molecular formula is C25H25ClN4O4. The van der Waals surface area contributed by atoms with Crippen molar-refractivity contribution in [1.29, 1.82) is 5.26 Å². The highest BCUT2D eigenvalue weighted by Gasteiger charge is 2.29. The van der Waals surface area contributed by atoms with Crippen LogP contribution in [-0.2, 0) is 16.1 Å². The van der Waals surface area contributed by atoms with Gasteiger partial charge in [0.1, 0.15) is 11.8 Å². The third-order valence-electron chi connectivity index (χ3n) is 5.62. The molecule has 1 aromatic heterocycles. The SMILES string of the molecule is COC(=O)C1CCN(Cc2ccc(-c3noc(-c4ccc(OC(C)C)c(C#N)c4)n3)c(Cl)c2)C1. The average molecular weight is 481 g/mol. The summed E-state index contributed by atoms with van der Waals surface area (Å²) in [5.41, 5.74) is 2.69. The van der Waals surface area contributed by atoms with Crippen molar-refractivity contribution in [2.75, 3.05) is 20.2 Å². The lowest BCUT2D eigenvalue weighted by molar-refractivity contribution is -0.144. The number of esters is 1. The number of hydrogen-bond acceptors (Lipinski definition) is 8. The number of hydrogen-bond donors (Lipinski definition) is 0. The summed E-state index contributed by atoms with van der Waals surface area (Å²) in [7, 11) is 1.42. The van der Waals surface area contributed by atoms with Gasteiger partial charge in [0.05, 0.1) is 29.7 Å². The zero-order chi connectivity index (χ0) is 24.2. The summed E-state index contributed by atoms with van der Waals surface area (Å²) < 4.78 is 16.0. The van der Waals surface area contributed by atoms with Crippen LogP contribution in [0.4, 0.5) is 0 Å². The number of nitrogens with zero attached hydrogens (tertiary/aromatic N) is 4. The quantitative estimate of drug-likeness (QED) is 0.448. The fourth-order valence-electron chi connectivity index (χ4n) is 3.99. The number of benzene rings is 2. The molecule has 1 unspecified atom stereocenters. The molecule has 2 heterocycles. The third kappa shape index (κ3) is 5.22. The highest BCUT2D eigenvalue weighted by atomic mass is 35.5. The number of carbonyl (C=O) groups excluding carboxylic acids is 1. The minimum Gasteiger partial charge on any atom is -0.490 e. The Hall–Kier alpha value is -3.41. The van der Waals surface area contributed by atoms with Gasteiger partial charge in [0.15, 0.2) is 0 Å². The summed E-state index contributed by atoms with van der Waals surface area (Å²) >= 11 is 6.55. The van der Waals surface area contributed by atoms with Crippen molar-refractivity contribution in [3.8, 4) is 34.7 Å². The zero-order valence-corrected chi connectivity index (χ0v) is 20.0. The van der Waals surface area contributed by atoms with E-state index >= 15 is 0 Å². The van der Waals surface area contributed by atoms with Crippen LogP contribution < -0.4 is 4.74 Å². The Morgan fingerprint density at radius 3 is 2.85 bits per heavy atom. The van der Waals surface area contributed by atoms with Crippen LogP contribution >= 0.6 is 11.6 Å². The van der Waals surface area contributed by atoms with Crippen LogP contribution in [-0.4, -0.2) is 47.3 Å². The van der Waals surface area contributed by atoms with E-state index in [1.165, 1.54) is 7.11 Å². The number of ether oxygens (including phenoxy) is 2. The van der Waals surface area contributed by atoms with Gasteiger partial charge < -0.3 is 14.0 Å². The minimum atomic E-state index is -0.159. The van der Waals surface area contributed by atoms with Crippen molar-refractivity contribution < 1.29 is 18.8 Å². The molecule has 0 N–H and O–H groups in total. The monoisotopic (exact) mass is 480 g/mol. The van der Waals surface area contributed by atoms with Gasteiger partial charge in [-0.15, -0.1) is 0 Å². The number of aromatic nitrogens is 2. The minimum absolute atomic E-state index is 0.0437. The predicted octanol–water partition coefficient (Wildman–Crippen LogP) is 4.71. The molecule has 1 saturated heterocycles. The van der Waals surface area contributed by atoms with Crippen molar-refractivity contribution in [3.63, 3.8) is 0 Å². The first-order chi connectivity index (χ1) is 16.4. The number of carbonyl (C=O) groups is 1. The first kappa shape index (κ1) is 23.7. The van der Waals surface area contributed by atoms with Crippen LogP contribution in [0.25, 0.3) is 22.8 Å². The predicted molar refractivity (Wildman–Crippen MR) is 126 cm³/mol. The van der Waals surface area contributed by atoms with Gasteiger partial charge in [0.25, 0.3) is 5.89 Å². The Morgan fingerprint density at radius 2 is 2.15 bits per heavy atom. The van der Waals surface area contributed by atoms with Gasteiger partial charge in [0, 0.05) is 24.2 Å². The molecule has 0 radical (unpaired) electrons. The van der Waals surface area contributed by atoms with Crippen LogP contribution in [0, 0.1) is 17.2 Å². The van der Waals surface area contributed by atoms with Crippen molar-refractivity contribution in [1.82, 2.24) is 15.0 Å². The molecular weight excluding hydrogens is 456 g/mol. The highest BCUT2D eigenvalue weighted by molar-refractivity contribution is 6.33. The Kier molecular flexibility index (Phi) is 7.15. The third-order valence-corrected chi connectivity index (χ3v) is 5.94. The van der Waals surface area contributed by atoms with Crippen molar-refractivity contribution in [2.45, 2.75) is 32.9 Å². The molecule has 9 heteroatoms. The van der Waals surface area contributed by atoms with Crippen molar-refractivity contribution in [3.05, 3.63) is 52.5 Å². The average Bonchev–Trinajstić information content (AvgIpc) is 3.49. The van der Waals surface area contributed by atoms with Gasteiger partial charge in [-0.25, -0.2) is 0 Å². The standard InChI is InChI=1S/C25H25ClN4O4/c1-15(2)33-22-7-5-17(11-19(22)12-27)24-28-23(29-34-24)20-6-4-16(10-21(20)26)13-30-9-8-18(14-30)25(31)32-3/h4-7,10-11,15,18H,8-9,13-14H2,1-3H3. The first-order valence-corrected chi connectivity index (χ1v) is 11.4. The maximum Gasteiger partial charge on any atom is 0.310 e. The second-order valence-corrected chi connectivity index (χ2v) is 8.88. The van der Waals surface area contributed by atoms with Crippen LogP contribution in [0.2, 0.25) is 5.02 Å². The number of methoxy groups -OCH3 is 1. The number of likely N-dealkylation sites (tertiary alicyclic amines) is 1. The maximum absolute atomic E-state index is 11.8. The second kappa shape index (κ2) is 10.2. The molecule has 0 aliphatic carbocycles. The summed E-state index contributed by atoms with van der Waals surface area (Å²) in [6.07, 6.45) is 0.750. The lowest BCUT2D eigenvalue weighted by Gasteiger charge is -2.16. The van der Waals surface area contributed by atoms with E-state index < -0.39 is 0 Å². The molecule has 8 nitrogen and oxygen atoms in total. The van der Waals surface area contributed by atoms with E-state index in [0.29, 0.717) is 46.4 Å². The summed E-state index contributed by atoms with van der Waals surface area (Å²) in [6.45, 7) is 5.99. The van der Waals surface area contributed by atoms with Gasteiger partial charge >= 0.3 is 5.97 Å². The summed E-state index contributed by atoms with van der Waals surface area (Å²) in [5.74, 6) is 0.918. The molecule has 4 rings (SSSR count). The zero-order valence-electron chi connectivity index (χ0n) is 19.2. The summed E-state index contributed by atoms with van der Waals surface area (Å²) in [6, 6.07) is 13.0. The highest BCUT2D eigenvalue weighted by Crippen LogP contribution is 2.31. The lowest BCUT2D eigenvalue weighted by atomic mass is 10.1. The van der Waals surface area contributed by atoms with Crippen LogP contribution in [0.15, 0.2) is 40.9 Å². The van der Waals surface area contributed by atoms with Crippen molar-refractivity contribution >= 4 is 17.6 Å². The Labute approximate surface area is 203 Å². The molecule has 3 aromatic rings. The molecule has 1 aliphatic heterocycles. The molecule has 0 spiro atoms. The Morgan fingerprint density at radius 1 is 1.32 bits per heavy atom. The van der Waals surface area contributed by atoms with Gasteiger partial charge in [0.2, 0.25) is 5.82 Å². The van der Waals surface area contributed by atoms with Crippen LogP contribution in [0.5, 0.6) is 5.75 Å².